The summed E-state index contributed by atoms with van der Waals surface area (Å²) in [6.07, 6.45) is 2.99. The van der Waals surface area contributed by atoms with Gasteiger partial charge in [-0.05, 0) is 26.7 Å². The minimum atomic E-state index is -0.702. The van der Waals surface area contributed by atoms with Crippen molar-refractivity contribution < 1.29 is 14.3 Å². The zero-order chi connectivity index (χ0) is 9.53. The second kappa shape index (κ2) is 2.79. The van der Waals surface area contributed by atoms with Crippen molar-refractivity contribution in [2.45, 2.75) is 37.9 Å². The first-order chi connectivity index (χ1) is 6.18. The van der Waals surface area contributed by atoms with Gasteiger partial charge in [0.05, 0.1) is 6.61 Å². The van der Waals surface area contributed by atoms with E-state index in [-0.39, 0.29) is 5.60 Å². The first-order valence-corrected chi connectivity index (χ1v) is 4.93. The number of carbonyl (C=O) groups excluding carboxylic acids is 1. The molecule has 0 aromatic heterocycles. The Morgan fingerprint density at radius 2 is 2.46 bits per heavy atom. The summed E-state index contributed by atoms with van der Waals surface area (Å²) in [5, 5.41) is 0. The largest absolute Gasteiger partial charge is 0.371 e. The molecule has 1 saturated heterocycles. The van der Waals surface area contributed by atoms with Crippen molar-refractivity contribution in [3.63, 3.8) is 0 Å². The number of aldehydes is 1. The van der Waals surface area contributed by atoms with E-state index in [4.69, 9.17) is 9.47 Å². The molecule has 1 saturated carbocycles. The molecule has 1 aliphatic carbocycles. The number of hydrogen-bond donors (Lipinski definition) is 0. The summed E-state index contributed by atoms with van der Waals surface area (Å²) < 4.78 is 11.3. The van der Waals surface area contributed by atoms with Gasteiger partial charge in [-0.2, -0.15) is 0 Å². The van der Waals surface area contributed by atoms with E-state index >= 15 is 0 Å². The average molecular weight is 184 g/mol. The molecule has 3 atom stereocenters. The molecule has 3 unspecified atom stereocenters. The third kappa shape index (κ3) is 0.945. The molecule has 1 heterocycles. The molecule has 2 fully saturated rings. The number of rotatable bonds is 3. The average Bonchev–Trinajstić information content (AvgIpc) is 2.28. The Kier molecular flexibility index (Phi) is 1.96. The fraction of sp³-hybridized carbons (Fsp3) is 0.900. The Labute approximate surface area is 78.4 Å². The maximum atomic E-state index is 11.0. The van der Waals surface area contributed by atoms with Crippen molar-refractivity contribution in [1.82, 2.24) is 0 Å². The van der Waals surface area contributed by atoms with Gasteiger partial charge in [-0.3, -0.25) is 0 Å². The van der Waals surface area contributed by atoms with Crippen LogP contribution in [0.15, 0.2) is 0 Å². The third-order valence-electron chi connectivity index (χ3n) is 3.58. The van der Waals surface area contributed by atoms with Crippen LogP contribution in [-0.2, 0) is 14.3 Å². The number of fused-ring (bicyclic) bond motifs is 1. The highest BCUT2D eigenvalue weighted by Gasteiger charge is 2.65. The van der Waals surface area contributed by atoms with Crippen LogP contribution in [0.3, 0.4) is 0 Å². The highest BCUT2D eigenvalue weighted by atomic mass is 16.6. The van der Waals surface area contributed by atoms with E-state index in [0.29, 0.717) is 19.1 Å². The third-order valence-corrected chi connectivity index (χ3v) is 3.58. The summed E-state index contributed by atoms with van der Waals surface area (Å²) >= 11 is 0. The summed E-state index contributed by atoms with van der Waals surface area (Å²) in [6.45, 7) is 5.14. The number of carbonyl (C=O) groups is 1. The summed E-state index contributed by atoms with van der Waals surface area (Å²) in [4.78, 5) is 11.0. The zero-order valence-corrected chi connectivity index (χ0v) is 8.21. The Morgan fingerprint density at radius 3 is 2.92 bits per heavy atom. The normalized spacial score (nSPS) is 48.3. The smallest absolute Gasteiger partial charge is 0.154 e. The van der Waals surface area contributed by atoms with E-state index < -0.39 is 5.60 Å². The van der Waals surface area contributed by atoms with Crippen molar-refractivity contribution in [3.8, 4) is 0 Å². The van der Waals surface area contributed by atoms with Gasteiger partial charge in [-0.15, -0.1) is 0 Å². The summed E-state index contributed by atoms with van der Waals surface area (Å²) in [5.74, 6) is 0.433. The van der Waals surface area contributed by atoms with Crippen molar-refractivity contribution in [2.75, 3.05) is 13.2 Å². The molecular weight excluding hydrogens is 168 g/mol. The van der Waals surface area contributed by atoms with Gasteiger partial charge < -0.3 is 14.3 Å². The first-order valence-electron chi connectivity index (χ1n) is 4.93. The minimum Gasteiger partial charge on any atom is -0.371 e. The molecule has 2 aliphatic rings. The Balaban J connectivity index is 2.25. The molecule has 0 radical (unpaired) electrons. The summed E-state index contributed by atoms with van der Waals surface area (Å²) in [7, 11) is 0. The summed E-state index contributed by atoms with van der Waals surface area (Å²) in [6, 6.07) is 0. The van der Waals surface area contributed by atoms with E-state index in [9.17, 15) is 4.79 Å². The highest BCUT2D eigenvalue weighted by molar-refractivity contribution is 5.66. The van der Waals surface area contributed by atoms with Gasteiger partial charge >= 0.3 is 0 Å². The van der Waals surface area contributed by atoms with Crippen molar-refractivity contribution >= 4 is 6.29 Å². The fourth-order valence-corrected chi connectivity index (χ4v) is 2.60. The van der Waals surface area contributed by atoms with Gasteiger partial charge in [0.2, 0.25) is 0 Å². The molecule has 3 heteroatoms. The van der Waals surface area contributed by atoms with Crippen LogP contribution in [0, 0.1) is 5.92 Å². The molecule has 0 aromatic carbocycles. The minimum absolute atomic E-state index is 0.302. The predicted octanol–water partition coefficient (Wildman–Crippen LogP) is 1.16. The van der Waals surface area contributed by atoms with E-state index in [2.05, 4.69) is 0 Å². The maximum absolute atomic E-state index is 11.0. The van der Waals surface area contributed by atoms with Crippen LogP contribution in [0.2, 0.25) is 0 Å². The first kappa shape index (κ1) is 9.16. The Bertz CT molecular complexity index is 228. The molecule has 0 bridgehead atoms. The molecule has 0 amide bonds. The standard InChI is InChI=1S/C10H16O3/c1-3-12-10-5-4-8(10)6-13-9(10,2)7-11/h7-8H,3-6H2,1-2H3. The number of ether oxygens (including phenoxy) is 2. The lowest BCUT2D eigenvalue weighted by Gasteiger charge is -2.49. The van der Waals surface area contributed by atoms with Gasteiger partial charge in [-0.25, -0.2) is 0 Å². The highest BCUT2D eigenvalue weighted by Crippen LogP contribution is 2.54. The fourth-order valence-electron chi connectivity index (χ4n) is 2.60. The molecule has 0 aromatic rings. The molecule has 1 aliphatic heterocycles. The molecular formula is C10H16O3. The SMILES string of the molecule is CCOC12CCC1COC2(C)C=O. The van der Waals surface area contributed by atoms with Crippen LogP contribution in [0.5, 0.6) is 0 Å². The second-order valence-corrected chi connectivity index (χ2v) is 4.09. The molecule has 13 heavy (non-hydrogen) atoms. The van der Waals surface area contributed by atoms with Crippen LogP contribution in [0.1, 0.15) is 26.7 Å². The summed E-state index contributed by atoms with van der Waals surface area (Å²) in [5.41, 5.74) is -1.00. The quantitative estimate of drug-likeness (QED) is 0.617. The van der Waals surface area contributed by atoms with E-state index in [1.165, 1.54) is 0 Å². The van der Waals surface area contributed by atoms with Crippen LogP contribution in [-0.4, -0.2) is 30.7 Å². The molecule has 2 rings (SSSR count). The van der Waals surface area contributed by atoms with Crippen molar-refractivity contribution in [3.05, 3.63) is 0 Å². The van der Waals surface area contributed by atoms with Crippen LogP contribution >= 0.6 is 0 Å². The predicted molar refractivity (Wildman–Crippen MR) is 47.5 cm³/mol. The zero-order valence-electron chi connectivity index (χ0n) is 8.21. The molecule has 0 spiro atoms. The van der Waals surface area contributed by atoms with E-state index in [1.54, 1.807) is 0 Å². The molecule has 74 valence electrons. The van der Waals surface area contributed by atoms with Gasteiger partial charge in [0.25, 0.3) is 0 Å². The van der Waals surface area contributed by atoms with E-state index in [0.717, 1.165) is 19.1 Å². The monoisotopic (exact) mass is 184 g/mol. The molecule has 0 N–H and O–H groups in total. The lowest BCUT2D eigenvalue weighted by atomic mass is 9.63. The Hall–Kier alpha value is -0.410. The van der Waals surface area contributed by atoms with Crippen molar-refractivity contribution in [1.29, 1.82) is 0 Å². The van der Waals surface area contributed by atoms with Crippen LogP contribution < -0.4 is 0 Å². The lowest BCUT2D eigenvalue weighted by molar-refractivity contribution is -0.185. The maximum Gasteiger partial charge on any atom is 0.154 e. The van der Waals surface area contributed by atoms with Crippen LogP contribution in [0.4, 0.5) is 0 Å². The molecule has 3 nitrogen and oxygen atoms in total. The Morgan fingerprint density at radius 1 is 1.69 bits per heavy atom. The van der Waals surface area contributed by atoms with Gasteiger partial charge in [0, 0.05) is 12.5 Å². The van der Waals surface area contributed by atoms with Crippen molar-refractivity contribution in [2.24, 2.45) is 5.92 Å². The topological polar surface area (TPSA) is 35.5 Å². The van der Waals surface area contributed by atoms with E-state index in [1.807, 2.05) is 13.8 Å². The number of hydrogen-bond acceptors (Lipinski definition) is 3. The van der Waals surface area contributed by atoms with Crippen LogP contribution in [0.25, 0.3) is 0 Å². The van der Waals surface area contributed by atoms with Gasteiger partial charge in [0.1, 0.15) is 11.2 Å². The second-order valence-electron chi connectivity index (χ2n) is 4.09. The van der Waals surface area contributed by atoms with Gasteiger partial charge in [-0.1, -0.05) is 0 Å². The van der Waals surface area contributed by atoms with Gasteiger partial charge in [0.15, 0.2) is 6.29 Å². The lowest BCUT2D eigenvalue weighted by Crippen LogP contribution is -2.60.